The molecule has 0 atom stereocenters. The molecule has 0 aromatic heterocycles. The van der Waals surface area contributed by atoms with E-state index in [4.69, 9.17) is 5.73 Å². The summed E-state index contributed by atoms with van der Waals surface area (Å²) in [6.07, 6.45) is 8.73. The van der Waals surface area contributed by atoms with E-state index in [2.05, 4.69) is 17.5 Å². The lowest BCUT2D eigenvalue weighted by molar-refractivity contribution is -0.107. The average Bonchev–Trinajstić information content (AvgIpc) is 2.47. The molecule has 0 bridgehead atoms. The zero-order valence-corrected chi connectivity index (χ0v) is 12.3. The number of rotatable bonds is 6. The highest BCUT2D eigenvalue weighted by Crippen LogP contribution is 2.25. The van der Waals surface area contributed by atoms with Gasteiger partial charge in [-0.15, -0.1) is 0 Å². The van der Waals surface area contributed by atoms with E-state index < -0.39 is 0 Å². The minimum atomic E-state index is 0.547. The van der Waals surface area contributed by atoms with Crippen molar-refractivity contribution < 1.29 is 4.79 Å². The fourth-order valence-corrected chi connectivity index (χ4v) is 2.88. The largest absolute Gasteiger partial charge is 0.399 e. The van der Waals surface area contributed by atoms with Gasteiger partial charge in [0, 0.05) is 25.2 Å². The Balaban J connectivity index is 2.05. The van der Waals surface area contributed by atoms with Crippen LogP contribution in [-0.4, -0.2) is 24.4 Å². The van der Waals surface area contributed by atoms with Gasteiger partial charge in [0.05, 0.1) is 5.69 Å². The smallest absolute Gasteiger partial charge is 0.120 e. The maximum absolute atomic E-state index is 10.6. The van der Waals surface area contributed by atoms with Gasteiger partial charge in [0.2, 0.25) is 0 Å². The molecule has 0 aliphatic heterocycles. The summed E-state index contributed by atoms with van der Waals surface area (Å²) in [5.41, 5.74) is 12.3. The minimum Gasteiger partial charge on any atom is -0.399 e. The first-order valence-corrected chi connectivity index (χ1v) is 7.52. The number of nitrogens with one attached hydrogen (secondary N) is 1. The zero-order valence-electron chi connectivity index (χ0n) is 12.3. The molecule has 110 valence electrons. The van der Waals surface area contributed by atoms with Crippen LogP contribution in [0.25, 0.3) is 0 Å². The van der Waals surface area contributed by atoms with Crippen LogP contribution in [0.3, 0.4) is 0 Å². The maximum Gasteiger partial charge on any atom is 0.120 e. The van der Waals surface area contributed by atoms with Gasteiger partial charge in [-0.05, 0) is 37.0 Å². The quantitative estimate of drug-likeness (QED) is 0.476. The van der Waals surface area contributed by atoms with Crippen LogP contribution in [0, 0.1) is 0 Å². The third kappa shape index (κ3) is 3.97. The summed E-state index contributed by atoms with van der Waals surface area (Å²) in [6, 6.07) is 6.45. The number of carbonyl (C=O) groups excluding carboxylic acids is 1. The molecule has 0 radical (unpaired) electrons. The number of nitrogens with two attached hydrogens (primary N) is 1. The summed E-state index contributed by atoms with van der Waals surface area (Å²) in [4.78, 5) is 10.6. The van der Waals surface area contributed by atoms with E-state index >= 15 is 0 Å². The topological polar surface area (TPSA) is 58.4 Å². The number of nitrogen functional groups attached to an aromatic ring is 1. The number of anilines is 2. The maximum atomic E-state index is 10.6. The lowest BCUT2D eigenvalue weighted by atomic mass is 9.95. The molecule has 1 saturated carbocycles. The molecule has 0 spiro atoms. The second-order valence-electron chi connectivity index (χ2n) is 5.64. The number of hydrogen-bond donors (Lipinski definition) is 2. The van der Waals surface area contributed by atoms with E-state index in [1.54, 1.807) is 0 Å². The van der Waals surface area contributed by atoms with Crippen LogP contribution in [0.1, 0.15) is 44.1 Å². The van der Waals surface area contributed by atoms with E-state index in [9.17, 15) is 4.79 Å². The average molecular weight is 275 g/mol. The molecule has 1 aliphatic rings. The number of benzene rings is 1. The fourth-order valence-electron chi connectivity index (χ4n) is 2.88. The highest BCUT2D eigenvalue weighted by molar-refractivity contribution is 5.60. The van der Waals surface area contributed by atoms with Gasteiger partial charge in [0.1, 0.15) is 6.29 Å². The predicted octanol–water partition coefficient (Wildman–Crippen LogP) is 2.99. The Kier molecular flexibility index (Phi) is 5.41. The first-order chi connectivity index (χ1) is 9.70. The van der Waals surface area contributed by atoms with Gasteiger partial charge in [-0.2, -0.15) is 0 Å². The summed E-state index contributed by atoms with van der Waals surface area (Å²) >= 11 is 0. The minimum absolute atomic E-state index is 0.547. The van der Waals surface area contributed by atoms with Crippen LogP contribution >= 0.6 is 0 Å². The van der Waals surface area contributed by atoms with Crippen LogP contribution in [-0.2, 0) is 11.2 Å². The van der Waals surface area contributed by atoms with Crippen molar-refractivity contribution in [2.75, 3.05) is 18.2 Å². The van der Waals surface area contributed by atoms with Crippen molar-refractivity contribution in [1.82, 2.24) is 5.01 Å². The molecule has 1 fully saturated rings. The number of nitrogens with zero attached hydrogens (tertiary/aromatic N) is 1. The van der Waals surface area contributed by atoms with Gasteiger partial charge in [0.15, 0.2) is 0 Å². The third-order valence-corrected chi connectivity index (χ3v) is 4.08. The van der Waals surface area contributed by atoms with E-state index in [-0.39, 0.29) is 0 Å². The molecule has 1 aromatic carbocycles. The second kappa shape index (κ2) is 7.29. The fraction of sp³-hybridized carbons (Fsp3) is 0.562. The van der Waals surface area contributed by atoms with Crippen LogP contribution < -0.4 is 11.2 Å². The lowest BCUT2D eigenvalue weighted by Crippen LogP contribution is -2.38. The van der Waals surface area contributed by atoms with Crippen molar-refractivity contribution in [3.05, 3.63) is 23.8 Å². The first-order valence-electron chi connectivity index (χ1n) is 7.52. The summed E-state index contributed by atoms with van der Waals surface area (Å²) in [5, 5.41) is 2.21. The number of aldehydes is 1. The van der Waals surface area contributed by atoms with Crippen LogP contribution in [0.2, 0.25) is 0 Å². The molecule has 20 heavy (non-hydrogen) atoms. The highest BCUT2D eigenvalue weighted by atomic mass is 16.1. The van der Waals surface area contributed by atoms with E-state index in [0.29, 0.717) is 12.5 Å². The first kappa shape index (κ1) is 14.9. The molecule has 0 saturated heterocycles. The molecule has 0 amide bonds. The standard InChI is InChI=1S/C16H25N3O/c1-19(15-7-3-2-4-8-15)18-16-12-14(17)10-9-13(16)6-5-11-20/h9-12,15,18H,2-8,17H2,1H3. The lowest BCUT2D eigenvalue weighted by Gasteiger charge is -2.32. The molecule has 2 rings (SSSR count). The van der Waals surface area contributed by atoms with E-state index in [1.165, 1.54) is 32.1 Å². The number of aryl methyl sites for hydroxylation is 1. The molecule has 4 heteroatoms. The van der Waals surface area contributed by atoms with E-state index in [1.807, 2.05) is 18.2 Å². The normalized spacial score (nSPS) is 16.3. The van der Waals surface area contributed by atoms with Crippen molar-refractivity contribution in [2.45, 2.75) is 51.0 Å². The van der Waals surface area contributed by atoms with Gasteiger partial charge in [0.25, 0.3) is 0 Å². The predicted molar refractivity (Wildman–Crippen MR) is 83.5 cm³/mol. The van der Waals surface area contributed by atoms with E-state index in [0.717, 1.165) is 29.6 Å². The van der Waals surface area contributed by atoms with Crippen LogP contribution in [0.5, 0.6) is 0 Å². The molecule has 0 unspecified atom stereocenters. The Morgan fingerprint density at radius 2 is 2.10 bits per heavy atom. The third-order valence-electron chi connectivity index (χ3n) is 4.08. The summed E-state index contributed by atoms with van der Waals surface area (Å²) in [5.74, 6) is 0. The highest BCUT2D eigenvalue weighted by Gasteiger charge is 2.18. The summed E-state index contributed by atoms with van der Waals surface area (Å²) in [7, 11) is 2.10. The Morgan fingerprint density at radius 1 is 1.35 bits per heavy atom. The van der Waals surface area contributed by atoms with Gasteiger partial charge < -0.3 is 16.0 Å². The molecular formula is C16H25N3O. The van der Waals surface area contributed by atoms with Crippen molar-refractivity contribution in [1.29, 1.82) is 0 Å². The Labute approximate surface area is 121 Å². The van der Waals surface area contributed by atoms with Gasteiger partial charge in [-0.1, -0.05) is 25.3 Å². The van der Waals surface area contributed by atoms with Crippen LogP contribution in [0.15, 0.2) is 18.2 Å². The molecule has 4 nitrogen and oxygen atoms in total. The van der Waals surface area contributed by atoms with Gasteiger partial charge in [-0.25, -0.2) is 5.01 Å². The number of carbonyl (C=O) groups is 1. The molecule has 1 aromatic rings. The molecular weight excluding hydrogens is 250 g/mol. The van der Waals surface area contributed by atoms with Crippen molar-refractivity contribution in [2.24, 2.45) is 0 Å². The monoisotopic (exact) mass is 275 g/mol. The van der Waals surface area contributed by atoms with Crippen molar-refractivity contribution >= 4 is 17.7 Å². The number of hydrogen-bond acceptors (Lipinski definition) is 4. The van der Waals surface area contributed by atoms with Crippen molar-refractivity contribution in [3.8, 4) is 0 Å². The van der Waals surface area contributed by atoms with Gasteiger partial charge in [-0.3, -0.25) is 0 Å². The Hall–Kier alpha value is -1.55. The number of hydrazine groups is 1. The molecule has 3 N–H and O–H groups in total. The molecule has 1 aliphatic carbocycles. The Morgan fingerprint density at radius 3 is 2.80 bits per heavy atom. The SMILES string of the molecule is CN(Nc1cc(N)ccc1CCC=O)C1CCCCC1. The Bertz CT molecular complexity index is 441. The van der Waals surface area contributed by atoms with Crippen molar-refractivity contribution in [3.63, 3.8) is 0 Å². The summed E-state index contributed by atoms with van der Waals surface area (Å²) < 4.78 is 0. The molecule has 0 heterocycles. The van der Waals surface area contributed by atoms with Crippen LogP contribution in [0.4, 0.5) is 11.4 Å². The second-order valence-corrected chi connectivity index (χ2v) is 5.64. The summed E-state index contributed by atoms with van der Waals surface area (Å²) in [6.45, 7) is 0. The van der Waals surface area contributed by atoms with Gasteiger partial charge >= 0.3 is 0 Å². The zero-order chi connectivity index (χ0) is 14.4.